The molecule has 3 N–H and O–H groups in total. The molecule has 0 saturated heterocycles. The molecule has 0 aliphatic carbocycles. The van der Waals surface area contributed by atoms with Crippen LogP contribution in [0.15, 0.2) is 46.0 Å². The summed E-state index contributed by atoms with van der Waals surface area (Å²) in [4.78, 5) is 35.7. The highest BCUT2D eigenvalue weighted by Gasteiger charge is 2.15. The zero-order chi connectivity index (χ0) is 24.4. The van der Waals surface area contributed by atoms with Crippen LogP contribution in [0.3, 0.4) is 0 Å². The van der Waals surface area contributed by atoms with Gasteiger partial charge in [-0.25, -0.2) is 5.43 Å². The van der Waals surface area contributed by atoms with E-state index in [9.17, 15) is 14.4 Å². The summed E-state index contributed by atoms with van der Waals surface area (Å²) in [6.45, 7) is 5.44. The van der Waals surface area contributed by atoms with Gasteiger partial charge in [0, 0.05) is 11.7 Å². The van der Waals surface area contributed by atoms with Crippen molar-refractivity contribution in [2.75, 3.05) is 19.0 Å². The summed E-state index contributed by atoms with van der Waals surface area (Å²) in [7, 11) is 1.46. The minimum atomic E-state index is -0.864. The molecule has 2 aromatic rings. The Morgan fingerprint density at radius 2 is 1.85 bits per heavy atom. The largest absolute Gasteiger partial charge is 0.493 e. The van der Waals surface area contributed by atoms with E-state index < -0.39 is 11.8 Å². The second kappa shape index (κ2) is 12.6. The normalized spacial score (nSPS) is 11.5. The highest BCUT2D eigenvalue weighted by molar-refractivity contribution is 9.10. The molecule has 33 heavy (non-hydrogen) atoms. The molecule has 0 unspecified atom stereocenters. The van der Waals surface area contributed by atoms with Gasteiger partial charge in [-0.2, -0.15) is 5.10 Å². The van der Waals surface area contributed by atoms with E-state index in [-0.39, 0.29) is 18.6 Å². The van der Waals surface area contributed by atoms with Crippen LogP contribution in [-0.2, 0) is 14.4 Å². The number of rotatable bonds is 9. The lowest BCUT2D eigenvalue weighted by Crippen LogP contribution is -2.41. The van der Waals surface area contributed by atoms with Gasteiger partial charge in [0.05, 0.1) is 17.8 Å². The van der Waals surface area contributed by atoms with E-state index in [4.69, 9.17) is 9.47 Å². The summed E-state index contributed by atoms with van der Waals surface area (Å²) in [5.41, 5.74) is 4.51. The van der Waals surface area contributed by atoms with Crippen molar-refractivity contribution in [3.05, 3.63) is 52.0 Å². The highest BCUT2D eigenvalue weighted by atomic mass is 79.9. The van der Waals surface area contributed by atoms with Crippen LogP contribution in [-0.4, -0.2) is 43.7 Å². The molecule has 2 aromatic carbocycles. The summed E-state index contributed by atoms with van der Waals surface area (Å²) in [6.07, 6.45) is 2.06. The van der Waals surface area contributed by atoms with Gasteiger partial charge in [-0.05, 0) is 66.0 Å². The van der Waals surface area contributed by atoms with Crippen molar-refractivity contribution in [1.29, 1.82) is 0 Å². The van der Waals surface area contributed by atoms with E-state index in [2.05, 4.69) is 37.1 Å². The quantitative estimate of drug-likeness (QED) is 0.267. The van der Waals surface area contributed by atoms with Gasteiger partial charge >= 0.3 is 11.8 Å². The molecule has 3 amide bonds. The van der Waals surface area contributed by atoms with Crippen molar-refractivity contribution >= 4 is 45.6 Å². The number of amides is 3. The van der Waals surface area contributed by atoms with Crippen molar-refractivity contribution < 1.29 is 23.9 Å². The molecule has 10 heteroatoms. The fraction of sp³-hybridized carbons (Fsp3) is 0.304. The molecule has 0 radical (unpaired) electrons. The number of methoxy groups -OCH3 is 1. The number of ether oxygens (including phenoxy) is 2. The first-order chi connectivity index (χ1) is 15.7. The van der Waals surface area contributed by atoms with Crippen molar-refractivity contribution in [2.45, 2.75) is 33.2 Å². The predicted octanol–water partition coefficient (Wildman–Crippen LogP) is 3.15. The highest BCUT2D eigenvalue weighted by Crippen LogP contribution is 2.36. The van der Waals surface area contributed by atoms with Gasteiger partial charge in [0.15, 0.2) is 18.1 Å². The number of carbonyl (C=O) groups is 3. The first kappa shape index (κ1) is 25.9. The third-order valence-electron chi connectivity index (χ3n) is 4.51. The van der Waals surface area contributed by atoms with Gasteiger partial charge in [0.2, 0.25) is 0 Å². The lowest BCUT2D eigenvalue weighted by molar-refractivity contribution is -0.139. The molecule has 0 aromatic heterocycles. The number of aryl methyl sites for hydroxylation is 1. The van der Waals surface area contributed by atoms with E-state index in [1.54, 1.807) is 19.1 Å². The Hall–Kier alpha value is -3.40. The van der Waals surface area contributed by atoms with Crippen molar-refractivity contribution in [3.63, 3.8) is 0 Å². The lowest BCUT2D eigenvalue weighted by atomic mass is 10.2. The molecule has 0 spiro atoms. The average molecular weight is 519 g/mol. The molecule has 0 aliphatic rings. The Morgan fingerprint density at radius 1 is 1.15 bits per heavy atom. The van der Waals surface area contributed by atoms with Crippen LogP contribution >= 0.6 is 15.9 Å². The first-order valence-corrected chi connectivity index (χ1v) is 11.0. The van der Waals surface area contributed by atoms with Gasteiger partial charge < -0.3 is 20.1 Å². The van der Waals surface area contributed by atoms with E-state index in [0.717, 1.165) is 5.56 Å². The van der Waals surface area contributed by atoms with E-state index in [1.165, 1.54) is 13.3 Å². The minimum absolute atomic E-state index is 0.112. The Morgan fingerprint density at radius 3 is 2.48 bits per heavy atom. The number of benzene rings is 2. The number of hydrazone groups is 1. The monoisotopic (exact) mass is 518 g/mol. The zero-order valence-electron chi connectivity index (χ0n) is 18.9. The van der Waals surface area contributed by atoms with Crippen LogP contribution in [0.1, 0.15) is 31.4 Å². The molecule has 0 saturated carbocycles. The second-order valence-corrected chi connectivity index (χ2v) is 8.07. The van der Waals surface area contributed by atoms with Crippen LogP contribution in [0.25, 0.3) is 0 Å². The Kier molecular flexibility index (Phi) is 9.86. The maximum Gasteiger partial charge on any atom is 0.329 e. The average Bonchev–Trinajstić information content (AvgIpc) is 2.79. The number of anilines is 1. The molecule has 176 valence electrons. The molecule has 0 aliphatic heterocycles. The van der Waals surface area contributed by atoms with Crippen molar-refractivity contribution in [3.8, 4) is 11.5 Å². The number of nitrogens with one attached hydrogen (secondary N) is 3. The predicted molar refractivity (Wildman–Crippen MR) is 130 cm³/mol. The van der Waals surface area contributed by atoms with Crippen LogP contribution in [0.2, 0.25) is 0 Å². The second-order valence-electron chi connectivity index (χ2n) is 7.22. The molecule has 1 atom stereocenters. The number of carbonyl (C=O) groups excluding carboxylic acids is 3. The SMILES string of the molecule is CC[C@H](C)NC(=O)C(=O)N/N=C\c1cc(Br)c(OCC(=O)Nc2ccc(C)cc2)c(OC)c1. The van der Waals surface area contributed by atoms with E-state index in [0.29, 0.717) is 33.6 Å². The van der Waals surface area contributed by atoms with Gasteiger partial charge in [-0.1, -0.05) is 24.6 Å². The standard InChI is InChI=1S/C23H27BrN4O5/c1-5-15(3)26-22(30)23(31)28-25-12-16-10-18(24)21(19(11-16)32-4)33-13-20(29)27-17-8-6-14(2)7-9-17/h6-12,15H,5,13H2,1-4H3,(H,26,30)(H,27,29)(H,28,31)/b25-12-/t15-/m0/s1. The fourth-order valence-corrected chi connectivity index (χ4v) is 3.11. The Bertz CT molecular complexity index is 1020. The molecule has 0 bridgehead atoms. The molecule has 9 nitrogen and oxygen atoms in total. The van der Waals surface area contributed by atoms with Crippen LogP contribution in [0.5, 0.6) is 11.5 Å². The summed E-state index contributed by atoms with van der Waals surface area (Å²) >= 11 is 3.39. The zero-order valence-corrected chi connectivity index (χ0v) is 20.5. The summed E-state index contributed by atoms with van der Waals surface area (Å²) < 4.78 is 11.5. The minimum Gasteiger partial charge on any atom is -0.493 e. The number of hydrogen-bond acceptors (Lipinski definition) is 6. The molecular weight excluding hydrogens is 492 g/mol. The number of hydrogen-bond donors (Lipinski definition) is 3. The van der Waals surface area contributed by atoms with Gasteiger partial charge in [0.1, 0.15) is 0 Å². The topological polar surface area (TPSA) is 118 Å². The van der Waals surface area contributed by atoms with Crippen LogP contribution < -0.4 is 25.5 Å². The smallest absolute Gasteiger partial charge is 0.329 e. The summed E-state index contributed by atoms with van der Waals surface area (Å²) in [6, 6.07) is 10.6. The maximum atomic E-state index is 12.2. The lowest BCUT2D eigenvalue weighted by Gasteiger charge is -2.13. The molecular formula is C23H27BrN4O5. The third kappa shape index (κ3) is 8.23. The summed E-state index contributed by atoms with van der Waals surface area (Å²) in [5, 5.41) is 9.11. The fourth-order valence-electron chi connectivity index (χ4n) is 2.53. The molecule has 0 heterocycles. The third-order valence-corrected chi connectivity index (χ3v) is 5.10. The van der Waals surface area contributed by atoms with Crippen molar-refractivity contribution in [2.24, 2.45) is 5.10 Å². The van der Waals surface area contributed by atoms with Gasteiger partial charge in [-0.3, -0.25) is 14.4 Å². The first-order valence-electron chi connectivity index (χ1n) is 10.2. The summed E-state index contributed by atoms with van der Waals surface area (Å²) in [5.74, 6) is -1.25. The molecule has 0 fully saturated rings. The van der Waals surface area contributed by atoms with Crippen LogP contribution in [0.4, 0.5) is 5.69 Å². The number of nitrogens with zero attached hydrogens (tertiary/aromatic N) is 1. The van der Waals surface area contributed by atoms with Crippen molar-refractivity contribution in [1.82, 2.24) is 10.7 Å². The Labute approximate surface area is 201 Å². The van der Waals surface area contributed by atoms with Gasteiger partial charge in [-0.15, -0.1) is 0 Å². The van der Waals surface area contributed by atoms with Crippen LogP contribution in [0, 0.1) is 6.92 Å². The number of halogens is 1. The Balaban J connectivity index is 1.98. The van der Waals surface area contributed by atoms with Gasteiger partial charge in [0.25, 0.3) is 5.91 Å². The maximum absolute atomic E-state index is 12.2. The van der Waals surface area contributed by atoms with E-state index in [1.807, 2.05) is 38.1 Å². The van der Waals surface area contributed by atoms with E-state index >= 15 is 0 Å². The molecule has 2 rings (SSSR count).